The molecule has 0 unspecified atom stereocenters. The molecule has 2 heterocycles. The van der Waals surface area contributed by atoms with Crippen LogP contribution in [0.15, 0.2) is 136 Å². The lowest BCUT2D eigenvalue weighted by Gasteiger charge is -2.03. The van der Waals surface area contributed by atoms with Crippen LogP contribution < -0.4 is 0 Å². The lowest BCUT2D eigenvalue weighted by atomic mass is 10.0. The maximum atomic E-state index is 6.18. The van der Waals surface area contributed by atoms with Crippen molar-refractivity contribution in [1.82, 2.24) is 0 Å². The number of fused-ring (bicyclic) bond motifs is 6. The molecule has 2 heteroatoms. The second-order valence-electron chi connectivity index (χ2n) is 11.0. The van der Waals surface area contributed by atoms with Gasteiger partial charge in [0.05, 0.1) is 0 Å². The van der Waals surface area contributed by atoms with E-state index in [1.807, 2.05) is 12.1 Å². The van der Waals surface area contributed by atoms with E-state index in [0.717, 1.165) is 39.9 Å². The minimum atomic E-state index is 0.947. The van der Waals surface area contributed by atoms with Gasteiger partial charge in [-0.15, -0.1) is 0 Å². The van der Waals surface area contributed by atoms with Crippen molar-refractivity contribution >= 4 is 43.9 Å². The summed E-state index contributed by atoms with van der Waals surface area (Å²) in [5.41, 5.74) is 12.5. The summed E-state index contributed by atoms with van der Waals surface area (Å²) in [7, 11) is 0. The molecule has 2 nitrogen and oxygen atoms in total. The van der Waals surface area contributed by atoms with Crippen LogP contribution in [0.4, 0.5) is 0 Å². The topological polar surface area (TPSA) is 26.3 Å². The van der Waals surface area contributed by atoms with Crippen LogP contribution in [0.2, 0.25) is 0 Å². The molecule has 0 aliphatic carbocycles. The summed E-state index contributed by atoms with van der Waals surface area (Å²) in [6.07, 6.45) is 1.04. The Hall–Kier alpha value is -5.08. The standard InChI is InChI=1S/C21H18O.C19H14O/c1-3-15-10-11-20-19(13-15)18-9-5-8-17(21(18)22-20)16-7-4-6-14(2)12-16;1-13-6-4-7-14(12-13)15-9-5-10-17-16-8-2-3-11-18(16)20-19(15)17/h4-13H,3H2,1-2H3;2-12H,1H3. The fraction of sp³-hybridized carbons (Fsp3) is 0.100. The van der Waals surface area contributed by atoms with Gasteiger partial charge < -0.3 is 8.83 Å². The fourth-order valence-electron chi connectivity index (χ4n) is 5.89. The summed E-state index contributed by atoms with van der Waals surface area (Å²) in [5, 5.41) is 4.77. The molecule has 0 radical (unpaired) electrons. The number of rotatable bonds is 3. The monoisotopic (exact) mass is 544 g/mol. The van der Waals surface area contributed by atoms with Gasteiger partial charge in [0.2, 0.25) is 0 Å². The minimum absolute atomic E-state index is 0.947. The fourth-order valence-corrected chi connectivity index (χ4v) is 5.89. The molecule has 0 fully saturated rings. The first kappa shape index (κ1) is 25.9. The Bertz CT molecular complexity index is 2210. The molecular formula is C40H32O2. The van der Waals surface area contributed by atoms with Crippen molar-refractivity contribution in [2.45, 2.75) is 27.2 Å². The summed E-state index contributed by atoms with van der Waals surface area (Å²) < 4.78 is 12.3. The molecule has 8 rings (SSSR count). The van der Waals surface area contributed by atoms with Crippen LogP contribution in [-0.4, -0.2) is 0 Å². The maximum Gasteiger partial charge on any atom is 0.143 e. The Morgan fingerprint density at radius 3 is 1.57 bits per heavy atom. The predicted octanol–water partition coefficient (Wildman–Crippen LogP) is 11.7. The average Bonchev–Trinajstić information content (AvgIpc) is 3.59. The van der Waals surface area contributed by atoms with Gasteiger partial charge in [-0.1, -0.05) is 127 Å². The molecule has 0 N–H and O–H groups in total. The molecule has 42 heavy (non-hydrogen) atoms. The van der Waals surface area contributed by atoms with Crippen molar-refractivity contribution in [1.29, 1.82) is 0 Å². The van der Waals surface area contributed by atoms with E-state index in [4.69, 9.17) is 8.83 Å². The first-order valence-corrected chi connectivity index (χ1v) is 14.6. The van der Waals surface area contributed by atoms with Gasteiger partial charge in [-0.25, -0.2) is 0 Å². The zero-order valence-electron chi connectivity index (χ0n) is 24.1. The highest BCUT2D eigenvalue weighted by atomic mass is 16.3. The van der Waals surface area contributed by atoms with Crippen molar-refractivity contribution < 1.29 is 8.83 Å². The van der Waals surface area contributed by atoms with Crippen molar-refractivity contribution in [2.75, 3.05) is 0 Å². The number of furan rings is 2. The van der Waals surface area contributed by atoms with E-state index in [0.29, 0.717) is 0 Å². The lowest BCUT2D eigenvalue weighted by molar-refractivity contribution is 0.669. The van der Waals surface area contributed by atoms with Gasteiger partial charge in [0, 0.05) is 32.7 Å². The minimum Gasteiger partial charge on any atom is -0.455 e. The molecule has 0 amide bonds. The number of para-hydroxylation sites is 3. The quantitative estimate of drug-likeness (QED) is 0.221. The Morgan fingerprint density at radius 1 is 0.452 bits per heavy atom. The normalized spacial score (nSPS) is 11.3. The highest BCUT2D eigenvalue weighted by Crippen LogP contribution is 2.37. The van der Waals surface area contributed by atoms with E-state index in [-0.39, 0.29) is 0 Å². The molecule has 6 aromatic carbocycles. The zero-order valence-corrected chi connectivity index (χ0v) is 24.1. The molecule has 0 bridgehead atoms. The Morgan fingerprint density at radius 2 is 0.976 bits per heavy atom. The van der Waals surface area contributed by atoms with E-state index in [2.05, 4.69) is 136 Å². The molecule has 0 spiro atoms. The smallest absolute Gasteiger partial charge is 0.143 e. The van der Waals surface area contributed by atoms with Crippen LogP contribution in [0.3, 0.4) is 0 Å². The summed E-state index contributed by atoms with van der Waals surface area (Å²) in [4.78, 5) is 0. The van der Waals surface area contributed by atoms with E-state index in [1.165, 1.54) is 49.4 Å². The van der Waals surface area contributed by atoms with Gasteiger partial charge in [-0.3, -0.25) is 0 Å². The lowest BCUT2D eigenvalue weighted by Crippen LogP contribution is -1.80. The molecule has 0 aliphatic heterocycles. The molecule has 204 valence electrons. The van der Waals surface area contributed by atoms with Crippen LogP contribution in [-0.2, 0) is 6.42 Å². The second kappa shape index (κ2) is 10.7. The highest BCUT2D eigenvalue weighted by molar-refractivity contribution is 6.10. The first-order valence-electron chi connectivity index (χ1n) is 14.6. The summed E-state index contributed by atoms with van der Waals surface area (Å²) in [6, 6.07) is 44.6. The molecule has 0 aliphatic rings. The van der Waals surface area contributed by atoms with Gasteiger partial charge in [-0.05, 0) is 55.2 Å². The number of hydrogen-bond acceptors (Lipinski definition) is 2. The van der Waals surface area contributed by atoms with Crippen molar-refractivity contribution in [2.24, 2.45) is 0 Å². The van der Waals surface area contributed by atoms with Gasteiger partial charge in [-0.2, -0.15) is 0 Å². The van der Waals surface area contributed by atoms with Crippen molar-refractivity contribution in [3.63, 3.8) is 0 Å². The van der Waals surface area contributed by atoms with Crippen LogP contribution in [0.25, 0.3) is 66.1 Å². The Labute approximate surface area is 245 Å². The number of aryl methyl sites for hydroxylation is 3. The molecule has 0 saturated heterocycles. The SMILES string of the molecule is CCc1ccc2oc3c(-c4cccc(C)c4)cccc3c2c1.Cc1cccc(-c2cccc3c2oc2ccccc23)c1. The van der Waals surface area contributed by atoms with Gasteiger partial charge in [0.1, 0.15) is 22.3 Å². The molecular weight excluding hydrogens is 512 g/mol. The molecule has 2 aromatic heterocycles. The van der Waals surface area contributed by atoms with Crippen molar-refractivity contribution in [3.8, 4) is 22.3 Å². The van der Waals surface area contributed by atoms with Gasteiger partial charge in [0.25, 0.3) is 0 Å². The van der Waals surface area contributed by atoms with E-state index < -0.39 is 0 Å². The van der Waals surface area contributed by atoms with E-state index >= 15 is 0 Å². The Balaban J connectivity index is 0.000000138. The third kappa shape index (κ3) is 4.65. The third-order valence-corrected chi connectivity index (χ3v) is 8.03. The largest absolute Gasteiger partial charge is 0.455 e. The van der Waals surface area contributed by atoms with Gasteiger partial charge >= 0.3 is 0 Å². The molecule has 8 aromatic rings. The van der Waals surface area contributed by atoms with Crippen LogP contribution in [0.1, 0.15) is 23.6 Å². The maximum absolute atomic E-state index is 6.18. The van der Waals surface area contributed by atoms with Crippen molar-refractivity contribution in [3.05, 3.63) is 144 Å². The highest BCUT2D eigenvalue weighted by Gasteiger charge is 2.13. The predicted molar refractivity (Wildman–Crippen MR) is 177 cm³/mol. The molecule has 0 saturated carbocycles. The van der Waals surface area contributed by atoms with Crippen LogP contribution in [0.5, 0.6) is 0 Å². The van der Waals surface area contributed by atoms with E-state index in [9.17, 15) is 0 Å². The first-order chi connectivity index (χ1) is 20.6. The third-order valence-electron chi connectivity index (χ3n) is 8.03. The van der Waals surface area contributed by atoms with Crippen LogP contribution in [0, 0.1) is 13.8 Å². The number of hydrogen-bond donors (Lipinski definition) is 0. The summed E-state index contributed by atoms with van der Waals surface area (Å²) in [6.45, 7) is 6.42. The second-order valence-corrected chi connectivity index (χ2v) is 11.0. The average molecular weight is 545 g/mol. The molecule has 0 atom stereocenters. The summed E-state index contributed by atoms with van der Waals surface area (Å²) >= 11 is 0. The summed E-state index contributed by atoms with van der Waals surface area (Å²) in [5.74, 6) is 0. The Kier molecular flexibility index (Phi) is 6.60. The zero-order chi connectivity index (χ0) is 28.6. The van der Waals surface area contributed by atoms with Crippen LogP contribution >= 0.6 is 0 Å². The van der Waals surface area contributed by atoms with Gasteiger partial charge in [0.15, 0.2) is 0 Å². The van der Waals surface area contributed by atoms with E-state index in [1.54, 1.807) is 0 Å². The number of benzene rings is 6.